The predicted molar refractivity (Wildman–Crippen MR) is 79.6 cm³/mol. The van der Waals surface area contributed by atoms with Gasteiger partial charge in [-0.05, 0) is 43.7 Å². The van der Waals surface area contributed by atoms with Crippen molar-refractivity contribution >= 4 is 9.84 Å². The number of rotatable bonds is 10. The topological polar surface area (TPSA) is 46.2 Å². The highest BCUT2D eigenvalue weighted by Gasteiger charge is 2.16. The first-order valence-corrected chi connectivity index (χ1v) is 9.01. The fourth-order valence-corrected chi connectivity index (χ4v) is 3.42. The van der Waals surface area contributed by atoms with Crippen LogP contribution >= 0.6 is 0 Å². The molecule has 0 aliphatic carbocycles. The molecule has 0 radical (unpaired) electrons. The molecule has 0 heterocycles. The van der Waals surface area contributed by atoms with Gasteiger partial charge in [-0.25, -0.2) is 8.42 Å². The van der Waals surface area contributed by atoms with Crippen LogP contribution in [0.4, 0.5) is 0 Å². The van der Waals surface area contributed by atoms with E-state index < -0.39 is 9.84 Å². The zero-order chi connectivity index (χ0) is 14.2. The quantitative estimate of drug-likeness (QED) is 0.668. The van der Waals surface area contributed by atoms with Crippen LogP contribution in [0.2, 0.25) is 0 Å². The SMILES string of the molecule is CCCS(=O)(=O)CCC(C)C(C)CNCC(C)C. The third-order valence-electron chi connectivity index (χ3n) is 3.39. The molecule has 0 spiro atoms. The molecule has 0 bridgehead atoms. The summed E-state index contributed by atoms with van der Waals surface area (Å²) in [7, 11) is -2.81. The molecule has 0 aliphatic rings. The van der Waals surface area contributed by atoms with Crippen LogP contribution in [0.15, 0.2) is 0 Å². The zero-order valence-corrected chi connectivity index (χ0v) is 13.5. The second-order valence-corrected chi connectivity index (χ2v) is 8.25. The Labute approximate surface area is 114 Å². The van der Waals surface area contributed by atoms with E-state index in [1.54, 1.807) is 0 Å². The lowest BCUT2D eigenvalue weighted by Crippen LogP contribution is -2.29. The van der Waals surface area contributed by atoms with E-state index in [0.717, 1.165) is 25.9 Å². The summed E-state index contributed by atoms with van der Waals surface area (Å²) in [6.45, 7) is 12.7. The molecular formula is C14H31NO2S. The van der Waals surface area contributed by atoms with Crippen molar-refractivity contribution in [1.29, 1.82) is 0 Å². The first-order valence-electron chi connectivity index (χ1n) is 7.19. The van der Waals surface area contributed by atoms with Crippen LogP contribution in [0.5, 0.6) is 0 Å². The number of hydrogen-bond donors (Lipinski definition) is 1. The first-order chi connectivity index (χ1) is 8.28. The molecule has 0 aromatic carbocycles. The minimum atomic E-state index is -2.81. The molecule has 0 aromatic heterocycles. The highest BCUT2D eigenvalue weighted by atomic mass is 32.2. The van der Waals surface area contributed by atoms with E-state index in [2.05, 4.69) is 33.0 Å². The molecule has 0 fully saturated rings. The van der Waals surface area contributed by atoms with E-state index in [1.807, 2.05) is 6.92 Å². The third-order valence-corrected chi connectivity index (χ3v) is 5.28. The minimum Gasteiger partial charge on any atom is -0.316 e. The number of sulfone groups is 1. The third kappa shape index (κ3) is 8.92. The molecule has 2 unspecified atom stereocenters. The summed E-state index contributed by atoms with van der Waals surface area (Å²) in [5.74, 6) is 2.32. The van der Waals surface area contributed by atoms with Crippen LogP contribution in [0, 0.1) is 17.8 Å². The Morgan fingerprint density at radius 3 is 2.06 bits per heavy atom. The molecule has 0 amide bonds. The maximum atomic E-state index is 11.6. The zero-order valence-electron chi connectivity index (χ0n) is 12.7. The number of nitrogens with one attached hydrogen (secondary N) is 1. The molecule has 0 saturated carbocycles. The maximum Gasteiger partial charge on any atom is 0.150 e. The Hall–Kier alpha value is -0.0900. The largest absolute Gasteiger partial charge is 0.316 e. The van der Waals surface area contributed by atoms with Gasteiger partial charge >= 0.3 is 0 Å². The highest BCUT2D eigenvalue weighted by Crippen LogP contribution is 2.15. The van der Waals surface area contributed by atoms with Crippen LogP contribution in [-0.4, -0.2) is 33.0 Å². The van der Waals surface area contributed by atoms with Crippen molar-refractivity contribution in [3.63, 3.8) is 0 Å². The lowest BCUT2D eigenvalue weighted by Gasteiger charge is -2.21. The van der Waals surface area contributed by atoms with E-state index in [0.29, 0.717) is 29.3 Å². The molecule has 4 heteroatoms. The van der Waals surface area contributed by atoms with Gasteiger partial charge in [-0.2, -0.15) is 0 Å². The van der Waals surface area contributed by atoms with Crippen molar-refractivity contribution in [2.45, 2.75) is 47.5 Å². The van der Waals surface area contributed by atoms with Crippen LogP contribution in [0.3, 0.4) is 0 Å². The van der Waals surface area contributed by atoms with E-state index in [1.165, 1.54) is 0 Å². The van der Waals surface area contributed by atoms with E-state index in [4.69, 9.17) is 0 Å². The summed E-state index contributed by atoms with van der Waals surface area (Å²) in [4.78, 5) is 0. The van der Waals surface area contributed by atoms with Gasteiger partial charge in [0.05, 0.1) is 5.75 Å². The Morgan fingerprint density at radius 1 is 0.944 bits per heavy atom. The highest BCUT2D eigenvalue weighted by molar-refractivity contribution is 7.91. The Morgan fingerprint density at radius 2 is 1.56 bits per heavy atom. The average molecular weight is 277 g/mol. The lowest BCUT2D eigenvalue weighted by molar-refractivity contribution is 0.351. The van der Waals surface area contributed by atoms with Crippen molar-refractivity contribution in [1.82, 2.24) is 5.32 Å². The molecule has 0 rings (SSSR count). The summed E-state index contributed by atoms with van der Waals surface area (Å²) >= 11 is 0. The minimum absolute atomic E-state index is 0.333. The predicted octanol–water partition coefficient (Wildman–Crippen LogP) is 2.72. The van der Waals surface area contributed by atoms with Gasteiger partial charge in [-0.15, -0.1) is 0 Å². The summed E-state index contributed by atoms with van der Waals surface area (Å²) in [5, 5.41) is 3.44. The van der Waals surface area contributed by atoms with E-state index >= 15 is 0 Å². The number of hydrogen-bond acceptors (Lipinski definition) is 3. The van der Waals surface area contributed by atoms with Crippen LogP contribution in [0.1, 0.15) is 47.5 Å². The fourth-order valence-electron chi connectivity index (χ4n) is 1.86. The molecule has 1 N–H and O–H groups in total. The van der Waals surface area contributed by atoms with Gasteiger partial charge < -0.3 is 5.32 Å². The molecule has 110 valence electrons. The van der Waals surface area contributed by atoms with E-state index in [9.17, 15) is 8.42 Å². The molecule has 18 heavy (non-hydrogen) atoms. The van der Waals surface area contributed by atoms with Gasteiger partial charge in [-0.3, -0.25) is 0 Å². The van der Waals surface area contributed by atoms with Crippen molar-refractivity contribution in [3.05, 3.63) is 0 Å². The molecular weight excluding hydrogens is 246 g/mol. The fraction of sp³-hybridized carbons (Fsp3) is 1.00. The summed E-state index contributed by atoms with van der Waals surface area (Å²) in [5.41, 5.74) is 0. The normalized spacial score (nSPS) is 15.9. The Bertz CT molecular complexity index is 299. The van der Waals surface area contributed by atoms with Crippen molar-refractivity contribution in [2.75, 3.05) is 24.6 Å². The smallest absolute Gasteiger partial charge is 0.150 e. The van der Waals surface area contributed by atoms with Gasteiger partial charge in [0.25, 0.3) is 0 Å². The Kier molecular flexibility index (Phi) is 8.87. The standard InChI is InChI=1S/C14H31NO2S/c1-6-8-18(16,17)9-7-13(4)14(5)11-15-10-12(2)3/h12-15H,6-11H2,1-5H3. The van der Waals surface area contributed by atoms with Gasteiger partial charge in [0, 0.05) is 5.75 Å². The van der Waals surface area contributed by atoms with Crippen LogP contribution < -0.4 is 5.32 Å². The second kappa shape index (κ2) is 8.92. The molecule has 0 aliphatic heterocycles. The second-order valence-electron chi connectivity index (χ2n) is 5.95. The molecule has 0 saturated heterocycles. The van der Waals surface area contributed by atoms with E-state index in [-0.39, 0.29) is 0 Å². The van der Waals surface area contributed by atoms with Crippen LogP contribution in [-0.2, 0) is 9.84 Å². The molecule has 2 atom stereocenters. The summed E-state index contributed by atoms with van der Waals surface area (Å²) in [6.07, 6.45) is 1.51. The maximum absolute atomic E-state index is 11.6. The van der Waals surface area contributed by atoms with Crippen molar-refractivity contribution in [3.8, 4) is 0 Å². The van der Waals surface area contributed by atoms with Gasteiger partial charge in [-0.1, -0.05) is 34.6 Å². The summed E-state index contributed by atoms with van der Waals surface area (Å²) < 4.78 is 23.3. The van der Waals surface area contributed by atoms with Crippen molar-refractivity contribution in [2.24, 2.45) is 17.8 Å². The van der Waals surface area contributed by atoms with Gasteiger partial charge in [0.2, 0.25) is 0 Å². The Balaban J connectivity index is 3.90. The van der Waals surface area contributed by atoms with Crippen LogP contribution in [0.25, 0.3) is 0 Å². The monoisotopic (exact) mass is 277 g/mol. The molecule has 3 nitrogen and oxygen atoms in total. The van der Waals surface area contributed by atoms with Crippen molar-refractivity contribution < 1.29 is 8.42 Å². The lowest BCUT2D eigenvalue weighted by atomic mass is 9.93. The first kappa shape index (κ1) is 17.9. The molecule has 0 aromatic rings. The average Bonchev–Trinajstić information content (AvgIpc) is 2.25. The van der Waals surface area contributed by atoms with Gasteiger partial charge in [0.15, 0.2) is 0 Å². The van der Waals surface area contributed by atoms with Gasteiger partial charge in [0.1, 0.15) is 9.84 Å². The summed E-state index contributed by atoms with van der Waals surface area (Å²) in [6, 6.07) is 0.